The molecule has 1 aliphatic heterocycles. The standard InChI is InChI=1S/C23H27FN4O4S/c1-2-28-21-8-7-18(33(30,31)27-11-13-32-14-12-27)15-20(21)26-22(28)9-10-23(29)25-16-17-5-3-4-6-19(17)24/h3-8,15H,2,9-14,16H2,1H3,(H,25,29). The Morgan fingerprint density at radius 1 is 1.18 bits per heavy atom. The van der Waals surface area contributed by atoms with E-state index in [4.69, 9.17) is 4.74 Å². The Morgan fingerprint density at radius 2 is 1.94 bits per heavy atom. The number of amides is 1. The molecule has 0 spiro atoms. The number of fused-ring (bicyclic) bond motifs is 1. The van der Waals surface area contributed by atoms with Crippen molar-refractivity contribution in [1.82, 2.24) is 19.2 Å². The van der Waals surface area contributed by atoms with Gasteiger partial charge in [-0.2, -0.15) is 4.31 Å². The molecule has 1 fully saturated rings. The first-order chi connectivity index (χ1) is 15.9. The second kappa shape index (κ2) is 9.98. The molecule has 0 bridgehead atoms. The molecule has 3 aromatic rings. The summed E-state index contributed by atoms with van der Waals surface area (Å²) in [5, 5.41) is 2.74. The number of aromatic nitrogens is 2. The average Bonchev–Trinajstić information content (AvgIpc) is 3.19. The number of nitrogens with one attached hydrogen (secondary N) is 1. The summed E-state index contributed by atoms with van der Waals surface area (Å²) in [4.78, 5) is 17.1. The number of aryl methyl sites for hydroxylation is 2. The molecular formula is C23H27FN4O4S. The predicted octanol–water partition coefficient (Wildman–Crippen LogP) is 2.47. The molecule has 0 aliphatic carbocycles. The zero-order valence-electron chi connectivity index (χ0n) is 18.5. The number of carbonyl (C=O) groups excluding carboxylic acids is 1. The number of hydrogen-bond donors (Lipinski definition) is 1. The Morgan fingerprint density at radius 3 is 2.67 bits per heavy atom. The maximum atomic E-state index is 13.7. The monoisotopic (exact) mass is 474 g/mol. The van der Waals surface area contributed by atoms with Crippen LogP contribution in [0.15, 0.2) is 47.4 Å². The SMILES string of the molecule is CCn1c(CCC(=O)NCc2ccccc2F)nc2cc(S(=O)(=O)N3CCOCC3)ccc21. The molecular weight excluding hydrogens is 447 g/mol. The molecule has 176 valence electrons. The number of nitrogens with zero attached hydrogens (tertiary/aromatic N) is 3. The van der Waals surface area contributed by atoms with Crippen molar-refractivity contribution in [2.24, 2.45) is 0 Å². The number of benzene rings is 2. The first kappa shape index (κ1) is 23.3. The van der Waals surface area contributed by atoms with Gasteiger partial charge in [-0.15, -0.1) is 0 Å². The number of imidazole rings is 1. The van der Waals surface area contributed by atoms with E-state index >= 15 is 0 Å². The highest BCUT2D eigenvalue weighted by Gasteiger charge is 2.27. The van der Waals surface area contributed by atoms with Gasteiger partial charge in [-0.05, 0) is 31.2 Å². The Balaban J connectivity index is 1.47. The van der Waals surface area contributed by atoms with Gasteiger partial charge in [0, 0.05) is 44.6 Å². The van der Waals surface area contributed by atoms with E-state index in [1.807, 2.05) is 11.5 Å². The first-order valence-electron chi connectivity index (χ1n) is 11.0. The van der Waals surface area contributed by atoms with Crippen molar-refractivity contribution >= 4 is 27.0 Å². The fourth-order valence-electron chi connectivity index (χ4n) is 3.95. The van der Waals surface area contributed by atoms with E-state index in [9.17, 15) is 17.6 Å². The van der Waals surface area contributed by atoms with Crippen molar-refractivity contribution in [1.29, 1.82) is 0 Å². The van der Waals surface area contributed by atoms with Crippen molar-refractivity contribution < 1.29 is 22.3 Å². The van der Waals surface area contributed by atoms with Crippen LogP contribution in [-0.4, -0.2) is 54.5 Å². The largest absolute Gasteiger partial charge is 0.379 e. The smallest absolute Gasteiger partial charge is 0.243 e. The Bertz CT molecular complexity index is 1250. The second-order valence-corrected chi connectivity index (χ2v) is 9.75. The van der Waals surface area contributed by atoms with Gasteiger partial charge in [0.05, 0.1) is 29.1 Å². The fourth-order valence-corrected chi connectivity index (χ4v) is 5.38. The third kappa shape index (κ3) is 5.07. The molecule has 10 heteroatoms. The van der Waals surface area contributed by atoms with Gasteiger partial charge >= 0.3 is 0 Å². The van der Waals surface area contributed by atoms with Crippen LogP contribution in [0, 0.1) is 5.82 Å². The van der Waals surface area contributed by atoms with E-state index in [0.717, 1.165) is 5.52 Å². The van der Waals surface area contributed by atoms with Crippen LogP contribution in [-0.2, 0) is 39.1 Å². The molecule has 4 rings (SSSR count). The molecule has 1 aliphatic rings. The summed E-state index contributed by atoms with van der Waals surface area (Å²) in [6.45, 7) is 4.16. The summed E-state index contributed by atoms with van der Waals surface area (Å²) < 4.78 is 48.3. The third-order valence-corrected chi connectivity index (χ3v) is 7.63. The summed E-state index contributed by atoms with van der Waals surface area (Å²) in [6, 6.07) is 11.3. The molecule has 2 aromatic carbocycles. The molecule has 0 atom stereocenters. The van der Waals surface area contributed by atoms with Crippen LogP contribution in [0.4, 0.5) is 4.39 Å². The van der Waals surface area contributed by atoms with Gasteiger partial charge in [0.2, 0.25) is 15.9 Å². The lowest BCUT2D eigenvalue weighted by Gasteiger charge is -2.26. The number of sulfonamides is 1. The number of ether oxygens (including phenoxy) is 1. The maximum absolute atomic E-state index is 13.7. The molecule has 1 N–H and O–H groups in total. The Hall–Kier alpha value is -2.82. The molecule has 8 nitrogen and oxygen atoms in total. The summed E-state index contributed by atoms with van der Waals surface area (Å²) in [5.41, 5.74) is 1.83. The van der Waals surface area contributed by atoms with Crippen molar-refractivity contribution in [2.75, 3.05) is 26.3 Å². The first-order valence-corrected chi connectivity index (χ1v) is 12.4. The van der Waals surface area contributed by atoms with Gasteiger partial charge in [0.15, 0.2) is 0 Å². The lowest BCUT2D eigenvalue weighted by atomic mass is 10.2. The van der Waals surface area contributed by atoms with Crippen molar-refractivity contribution in [3.05, 3.63) is 59.7 Å². The zero-order chi connectivity index (χ0) is 23.4. The molecule has 1 amide bonds. The lowest BCUT2D eigenvalue weighted by molar-refractivity contribution is -0.121. The predicted molar refractivity (Wildman–Crippen MR) is 122 cm³/mol. The van der Waals surface area contributed by atoms with Crippen LogP contribution in [0.2, 0.25) is 0 Å². The molecule has 1 aromatic heterocycles. The number of morpholine rings is 1. The molecule has 0 saturated carbocycles. The summed E-state index contributed by atoms with van der Waals surface area (Å²) in [5.74, 6) is 0.145. The van der Waals surface area contributed by atoms with Crippen LogP contribution < -0.4 is 5.32 Å². The van der Waals surface area contributed by atoms with Crippen LogP contribution in [0.5, 0.6) is 0 Å². The minimum atomic E-state index is -3.62. The quantitative estimate of drug-likeness (QED) is 0.541. The number of carbonyl (C=O) groups is 1. The number of halogens is 1. The van der Waals surface area contributed by atoms with Crippen LogP contribution in [0.3, 0.4) is 0 Å². The van der Waals surface area contributed by atoms with Crippen molar-refractivity contribution in [2.45, 2.75) is 37.8 Å². The van der Waals surface area contributed by atoms with E-state index in [0.29, 0.717) is 56.2 Å². The van der Waals surface area contributed by atoms with Gasteiger partial charge in [-0.1, -0.05) is 18.2 Å². The highest BCUT2D eigenvalue weighted by molar-refractivity contribution is 7.89. The van der Waals surface area contributed by atoms with Gasteiger partial charge in [0.25, 0.3) is 0 Å². The summed E-state index contributed by atoms with van der Waals surface area (Å²) >= 11 is 0. The molecule has 0 unspecified atom stereocenters. The van der Waals surface area contributed by atoms with E-state index in [-0.39, 0.29) is 29.6 Å². The topological polar surface area (TPSA) is 93.5 Å². The fraction of sp³-hybridized carbons (Fsp3) is 0.391. The Kier molecular flexibility index (Phi) is 7.06. The average molecular weight is 475 g/mol. The van der Waals surface area contributed by atoms with Gasteiger partial charge < -0.3 is 14.6 Å². The maximum Gasteiger partial charge on any atom is 0.243 e. The Labute approximate surface area is 192 Å². The van der Waals surface area contributed by atoms with Crippen LogP contribution in [0.1, 0.15) is 24.7 Å². The van der Waals surface area contributed by atoms with E-state index in [2.05, 4.69) is 10.3 Å². The van der Waals surface area contributed by atoms with Gasteiger partial charge in [-0.3, -0.25) is 4.79 Å². The minimum absolute atomic E-state index is 0.123. The highest BCUT2D eigenvalue weighted by Crippen LogP contribution is 2.24. The molecule has 33 heavy (non-hydrogen) atoms. The minimum Gasteiger partial charge on any atom is -0.379 e. The number of hydrogen-bond acceptors (Lipinski definition) is 5. The third-order valence-electron chi connectivity index (χ3n) is 5.73. The second-order valence-electron chi connectivity index (χ2n) is 7.81. The van der Waals surface area contributed by atoms with Crippen molar-refractivity contribution in [3.63, 3.8) is 0 Å². The molecule has 0 radical (unpaired) electrons. The van der Waals surface area contributed by atoms with E-state index in [1.54, 1.807) is 36.4 Å². The van der Waals surface area contributed by atoms with Gasteiger partial charge in [0.1, 0.15) is 11.6 Å². The van der Waals surface area contributed by atoms with E-state index < -0.39 is 10.0 Å². The van der Waals surface area contributed by atoms with Crippen LogP contribution >= 0.6 is 0 Å². The normalized spacial score (nSPS) is 15.1. The zero-order valence-corrected chi connectivity index (χ0v) is 19.3. The van der Waals surface area contributed by atoms with Crippen LogP contribution in [0.25, 0.3) is 11.0 Å². The lowest BCUT2D eigenvalue weighted by Crippen LogP contribution is -2.40. The van der Waals surface area contributed by atoms with Gasteiger partial charge in [-0.25, -0.2) is 17.8 Å². The molecule has 2 heterocycles. The number of rotatable bonds is 8. The summed E-state index contributed by atoms with van der Waals surface area (Å²) in [6.07, 6.45) is 0.577. The molecule has 1 saturated heterocycles. The summed E-state index contributed by atoms with van der Waals surface area (Å²) in [7, 11) is -3.62. The van der Waals surface area contributed by atoms with Crippen molar-refractivity contribution in [3.8, 4) is 0 Å². The highest BCUT2D eigenvalue weighted by atomic mass is 32.2. The van der Waals surface area contributed by atoms with E-state index in [1.165, 1.54) is 10.4 Å².